The smallest absolute Gasteiger partial charge is 0.0233 e. The van der Waals surface area contributed by atoms with Crippen molar-refractivity contribution in [1.29, 1.82) is 0 Å². The molecule has 0 radical (unpaired) electrons. The summed E-state index contributed by atoms with van der Waals surface area (Å²) in [5.41, 5.74) is 4.45. The number of alkyl halides is 1. The molecule has 140 valence electrons. The Bertz CT molecular complexity index is 629. The van der Waals surface area contributed by atoms with Crippen LogP contribution in [0.1, 0.15) is 61.6 Å². The maximum Gasteiger partial charge on any atom is 0.0233 e. The van der Waals surface area contributed by atoms with Crippen molar-refractivity contribution >= 4 is 15.9 Å². The van der Waals surface area contributed by atoms with Crippen molar-refractivity contribution in [2.45, 2.75) is 62.7 Å². The van der Waals surface area contributed by atoms with Crippen LogP contribution in [0, 0.1) is 0 Å². The maximum absolute atomic E-state index is 3.76. The van der Waals surface area contributed by atoms with Crippen LogP contribution in [-0.4, -0.2) is 22.8 Å². The first-order chi connectivity index (χ1) is 12.7. The lowest BCUT2D eigenvalue weighted by molar-refractivity contribution is 0.276. The molecule has 0 aromatic heterocycles. The van der Waals surface area contributed by atoms with Crippen molar-refractivity contribution in [1.82, 2.24) is 4.90 Å². The van der Waals surface area contributed by atoms with Crippen LogP contribution in [-0.2, 0) is 13.0 Å². The molecule has 0 atom stereocenters. The first kappa shape index (κ1) is 19.6. The maximum atomic E-state index is 3.76. The van der Waals surface area contributed by atoms with E-state index in [9.17, 15) is 0 Å². The Balaban J connectivity index is 1.44. The van der Waals surface area contributed by atoms with Crippen molar-refractivity contribution in [3.8, 4) is 0 Å². The number of hydrogen-bond acceptors (Lipinski definition) is 1. The van der Waals surface area contributed by atoms with Gasteiger partial charge in [-0.05, 0) is 74.2 Å². The number of halogens is 1. The number of hydrogen-bond donors (Lipinski definition) is 0. The molecule has 0 heterocycles. The van der Waals surface area contributed by atoms with E-state index in [0.717, 1.165) is 23.8 Å². The summed E-state index contributed by atoms with van der Waals surface area (Å²) in [6, 6.07) is 20.3. The summed E-state index contributed by atoms with van der Waals surface area (Å²) in [5, 5.41) is 0. The number of rotatable bonds is 8. The second kappa shape index (κ2) is 10.3. The molecule has 1 nitrogen and oxygen atoms in total. The lowest BCUT2D eigenvalue weighted by atomic mass is 9.84. The predicted octanol–water partition coefficient (Wildman–Crippen LogP) is 6.56. The van der Waals surface area contributed by atoms with Gasteiger partial charge in [-0.15, -0.1) is 0 Å². The minimum atomic E-state index is 0.746. The quantitative estimate of drug-likeness (QED) is 0.442. The van der Waals surface area contributed by atoms with Gasteiger partial charge in [0.25, 0.3) is 0 Å². The summed E-state index contributed by atoms with van der Waals surface area (Å²) >= 11 is 3.76. The molecule has 0 saturated heterocycles. The Hall–Kier alpha value is -1.12. The van der Waals surface area contributed by atoms with Gasteiger partial charge in [-0.1, -0.05) is 77.5 Å². The third kappa shape index (κ3) is 5.96. The second-order valence-corrected chi connectivity index (χ2v) is 8.94. The summed E-state index contributed by atoms with van der Waals surface area (Å²) in [4.78, 5) is 3.29. The summed E-state index contributed by atoms with van der Waals surface area (Å²) in [5.74, 6) is 0.777. The van der Waals surface area contributed by atoms with Crippen LogP contribution in [0.15, 0.2) is 54.6 Å². The molecular weight excluding hydrogens is 382 g/mol. The van der Waals surface area contributed by atoms with Crippen molar-refractivity contribution in [3.63, 3.8) is 0 Å². The summed E-state index contributed by atoms with van der Waals surface area (Å²) < 4.78 is 0. The molecular formula is C24H32BrN. The van der Waals surface area contributed by atoms with E-state index < -0.39 is 0 Å². The van der Waals surface area contributed by atoms with Gasteiger partial charge in [-0.3, -0.25) is 4.90 Å². The Morgan fingerprint density at radius 3 is 2.23 bits per heavy atom. The molecule has 3 rings (SSSR count). The van der Waals surface area contributed by atoms with Crippen molar-refractivity contribution < 1.29 is 0 Å². The zero-order valence-corrected chi connectivity index (χ0v) is 17.6. The Labute approximate surface area is 167 Å². The van der Waals surface area contributed by atoms with Crippen molar-refractivity contribution in [3.05, 3.63) is 71.3 Å². The van der Waals surface area contributed by atoms with Crippen molar-refractivity contribution in [2.24, 2.45) is 0 Å². The topological polar surface area (TPSA) is 3.24 Å². The lowest BCUT2D eigenvalue weighted by Gasteiger charge is -2.25. The fourth-order valence-electron chi connectivity index (χ4n) is 4.04. The molecule has 2 aromatic rings. The molecule has 0 amide bonds. The van der Waals surface area contributed by atoms with Gasteiger partial charge in [-0.25, -0.2) is 0 Å². The predicted molar refractivity (Wildman–Crippen MR) is 116 cm³/mol. The first-order valence-electron chi connectivity index (χ1n) is 10.2. The van der Waals surface area contributed by atoms with Gasteiger partial charge in [0, 0.05) is 11.4 Å². The van der Waals surface area contributed by atoms with Crippen LogP contribution < -0.4 is 0 Å². The van der Waals surface area contributed by atoms with Crippen LogP contribution in [0.3, 0.4) is 0 Å². The fourth-order valence-corrected chi connectivity index (χ4v) is 4.57. The van der Waals surface area contributed by atoms with E-state index in [1.165, 1.54) is 56.2 Å². The average molecular weight is 414 g/mol. The van der Waals surface area contributed by atoms with Crippen LogP contribution in [0.4, 0.5) is 0 Å². The van der Waals surface area contributed by atoms with Gasteiger partial charge >= 0.3 is 0 Å². The minimum Gasteiger partial charge on any atom is -0.299 e. The normalized spacial score (nSPS) is 20.4. The third-order valence-corrected chi connectivity index (χ3v) is 6.66. The monoisotopic (exact) mass is 413 g/mol. The molecule has 0 bridgehead atoms. The largest absolute Gasteiger partial charge is 0.299 e. The first-order valence-corrected chi connectivity index (χ1v) is 11.2. The van der Waals surface area contributed by atoms with Gasteiger partial charge in [0.05, 0.1) is 0 Å². The highest BCUT2D eigenvalue weighted by atomic mass is 79.9. The molecule has 2 heteroatoms. The van der Waals surface area contributed by atoms with Crippen LogP contribution in [0.2, 0.25) is 0 Å². The van der Waals surface area contributed by atoms with Gasteiger partial charge in [-0.2, -0.15) is 0 Å². The lowest BCUT2D eigenvalue weighted by Crippen LogP contribution is -2.24. The zero-order valence-electron chi connectivity index (χ0n) is 16.0. The highest BCUT2D eigenvalue weighted by Gasteiger charge is 2.20. The molecule has 1 aliphatic carbocycles. The van der Waals surface area contributed by atoms with E-state index in [0.29, 0.717) is 0 Å². The average Bonchev–Trinajstić information content (AvgIpc) is 2.69. The molecule has 0 N–H and O–H groups in total. The highest BCUT2D eigenvalue weighted by molar-refractivity contribution is 9.09. The van der Waals surface area contributed by atoms with E-state index in [-0.39, 0.29) is 0 Å². The Morgan fingerprint density at radius 2 is 1.58 bits per heavy atom. The molecule has 1 saturated carbocycles. The molecule has 0 spiro atoms. The van der Waals surface area contributed by atoms with Crippen LogP contribution in [0.25, 0.3) is 0 Å². The standard InChI is InChI=1S/C24H32BrN/c1-2-26(19-21-7-4-3-5-8-21)18-6-9-20-10-12-22(13-11-20)23-14-16-24(25)17-15-23/h3-5,7-8,10-13,23-24H,2,6,9,14-19H2,1H3. The van der Waals surface area contributed by atoms with E-state index in [4.69, 9.17) is 0 Å². The van der Waals surface area contributed by atoms with E-state index in [1.807, 2.05) is 0 Å². The molecule has 2 aromatic carbocycles. The molecule has 0 aliphatic heterocycles. The number of benzene rings is 2. The SMILES string of the molecule is CCN(CCCc1ccc(C2CCC(Br)CC2)cc1)Cc1ccccc1. The highest BCUT2D eigenvalue weighted by Crippen LogP contribution is 2.35. The molecule has 1 aliphatic rings. The Morgan fingerprint density at radius 1 is 0.885 bits per heavy atom. The second-order valence-electron chi connectivity index (χ2n) is 7.65. The van der Waals surface area contributed by atoms with Gasteiger partial charge in [0.15, 0.2) is 0 Å². The van der Waals surface area contributed by atoms with Gasteiger partial charge in [0.2, 0.25) is 0 Å². The summed E-state index contributed by atoms with van der Waals surface area (Å²) in [6.07, 6.45) is 7.72. The third-order valence-electron chi connectivity index (χ3n) is 5.74. The van der Waals surface area contributed by atoms with Gasteiger partial charge < -0.3 is 0 Å². The van der Waals surface area contributed by atoms with E-state index in [2.05, 4.69) is 82.4 Å². The molecule has 1 fully saturated rings. The van der Waals surface area contributed by atoms with Crippen LogP contribution >= 0.6 is 15.9 Å². The summed E-state index contributed by atoms with van der Waals surface area (Å²) in [6.45, 7) is 5.61. The molecule has 26 heavy (non-hydrogen) atoms. The molecule has 0 unspecified atom stereocenters. The van der Waals surface area contributed by atoms with E-state index in [1.54, 1.807) is 5.56 Å². The van der Waals surface area contributed by atoms with Gasteiger partial charge in [0.1, 0.15) is 0 Å². The minimum absolute atomic E-state index is 0.746. The fraction of sp³-hybridized carbons (Fsp3) is 0.500. The number of aryl methyl sites for hydroxylation is 1. The van der Waals surface area contributed by atoms with Crippen LogP contribution in [0.5, 0.6) is 0 Å². The Kier molecular flexibility index (Phi) is 7.76. The van der Waals surface area contributed by atoms with Crippen molar-refractivity contribution in [2.75, 3.05) is 13.1 Å². The summed E-state index contributed by atoms with van der Waals surface area (Å²) in [7, 11) is 0. The zero-order chi connectivity index (χ0) is 18.2. The van der Waals surface area contributed by atoms with E-state index >= 15 is 0 Å². The number of nitrogens with zero attached hydrogens (tertiary/aromatic N) is 1.